The fourth-order valence-electron chi connectivity index (χ4n) is 3.15. The minimum Gasteiger partial charge on any atom is -0.344 e. The summed E-state index contributed by atoms with van der Waals surface area (Å²) in [6, 6.07) is 12.0. The number of rotatable bonds is 5. The van der Waals surface area contributed by atoms with Crippen molar-refractivity contribution in [2.75, 3.05) is 13.6 Å². The lowest BCUT2D eigenvalue weighted by Crippen LogP contribution is -2.37. The normalized spacial score (nSPS) is 17.0. The van der Waals surface area contributed by atoms with E-state index in [2.05, 4.69) is 6.07 Å². The van der Waals surface area contributed by atoms with Gasteiger partial charge in [0.25, 0.3) is 0 Å². The Labute approximate surface area is 127 Å². The van der Waals surface area contributed by atoms with Crippen LogP contribution in [0, 0.1) is 23.2 Å². The third-order valence-electron chi connectivity index (χ3n) is 4.37. The van der Waals surface area contributed by atoms with Crippen LogP contribution in [0.3, 0.4) is 0 Å². The van der Waals surface area contributed by atoms with Crippen LogP contribution in [0.2, 0.25) is 0 Å². The molecule has 1 aliphatic rings. The minimum absolute atomic E-state index is 0.0353. The summed E-state index contributed by atoms with van der Waals surface area (Å²) in [4.78, 5) is 14.2. The second kappa shape index (κ2) is 7.83. The van der Waals surface area contributed by atoms with E-state index in [1.54, 1.807) is 4.90 Å². The molecule has 0 saturated heterocycles. The average molecular weight is 284 g/mol. The number of hydrogen-bond donors (Lipinski definition) is 0. The molecule has 2 rings (SSSR count). The van der Waals surface area contributed by atoms with Crippen LogP contribution in [0.15, 0.2) is 30.3 Å². The van der Waals surface area contributed by atoms with E-state index < -0.39 is 5.92 Å². The first-order valence-corrected chi connectivity index (χ1v) is 7.89. The van der Waals surface area contributed by atoms with Crippen molar-refractivity contribution in [3.8, 4) is 6.07 Å². The molecule has 0 heterocycles. The largest absolute Gasteiger partial charge is 0.344 e. The number of carbonyl (C=O) groups is 1. The van der Waals surface area contributed by atoms with Gasteiger partial charge in [0, 0.05) is 13.6 Å². The molecule has 1 atom stereocenters. The Morgan fingerprint density at radius 1 is 1.29 bits per heavy atom. The van der Waals surface area contributed by atoms with Crippen molar-refractivity contribution in [1.82, 2.24) is 4.90 Å². The molecule has 0 aromatic heterocycles. The summed E-state index contributed by atoms with van der Waals surface area (Å²) < 4.78 is 0. The van der Waals surface area contributed by atoms with Crippen LogP contribution >= 0.6 is 0 Å². The molecule has 1 saturated carbocycles. The Balaban J connectivity index is 1.91. The Morgan fingerprint density at radius 2 is 1.95 bits per heavy atom. The fourth-order valence-corrected chi connectivity index (χ4v) is 3.15. The molecule has 21 heavy (non-hydrogen) atoms. The molecule has 1 unspecified atom stereocenters. The topological polar surface area (TPSA) is 44.1 Å². The van der Waals surface area contributed by atoms with Crippen LogP contribution < -0.4 is 0 Å². The van der Waals surface area contributed by atoms with Crippen LogP contribution in [-0.2, 0) is 11.2 Å². The number of nitriles is 1. The van der Waals surface area contributed by atoms with E-state index in [4.69, 9.17) is 0 Å². The van der Waals surface area contributed by atoms with Gasteiger partial charge in [-0.15, -0.1) is 0 Å². The molecule has 0 bridgehead atoms. The van der Waals surface area contributed by atoms with Gasteiger partial charge in [0.05, 0.1) is 6.07 Å². The first kappa shape index (κ1) is 15.6. The van der Waals surface area contributed by atoms with Crippen molar-refractivity contribution >= 4 is 5.91 Å². The molecule has 1 aromatic rings. The Bertz CT molecular complexity index is 486. The third-order valence-corrected chi connectivity index (χ3v) is 4.37. The zero-order valence-electron chi connectivity index (χ0n) is 12.8. The molecule has 1 aromatic carbocycles. The molecule has 1 fully saturated rings. The van der Waals surface area contributed by atoms with Crippen molar-refractivity contribution in [2.45, 2.75) is 38.5 Å². The summed E-state index contributed by atoms with van der Waals surface area (Å²) in [6.45, 7) is 0.797. The predicted molar refractivity (Wildman–Crippen MR) is 83.5 cm³/mol. The first-order valence-electron chi connectivity index (χ1n) is 7.89. The van der Waals surface area contributed by atoms with E-state index in [9.17, 15) is 10.1 Å². The fraction of sp³-hybridized carbons (Fsp3) is 0.556. The van der Waals surface area contributed by atoms with E-state index in [-0.39, 0.29) is 5.91 Å². The van der Waals surface area contributed by atoms with Crippen LogP contribution in [0.1, 0.15) is 37.7 Å². The molecule has 112 valence electrons. The highest BCUT2D eigenvalue weighted by atomic mass is 16.2. The zero-order valence-corrected chi connectivity index (χ0v) is 12.8. The number of hydrogen-bond acceptors (Lipinski definition) is 2. The van der Waals surface area contributed by atoms with Gasteiger partial charge in [0.15, 0.2) is 0 Å². The van der Waals surface area contributed by atoms with E-state index in [1.807, 2.05) is 37.4 Å². The summed E-state index contributed by atoms with van der Waals surface area (Å²) in [5.41, 5.74) is 1.04. The van der Waals surface area contributed by atoms with Crippen molar-refractivity contribution in [3.05, 3.63) is 35.9 Å². The lowest BCUT2D eigenvalue weighted by Gasteiger charge is -2.28. The quantitative estimate of drug-likeness (QED) is 0.831. The summed E-state index contributed by atoms with van der Waals surface area (Å²) in [6.07, 6.45) is 6.81. The molecular formula is C18H24N2O. The van der Waals surface area contributed by atoms with Gasteiger partial charge < -0.3 is 4.90 Å². The lowest BCUT2D eigenvalue weighted by atomic mass is 9.88. The number of carbonyl (C=O) groups excluding carboxylic acids is 1. The van der Waals surface area contributed by atoms with Gasteiger partial charge in [0.1, 0.15) is 5.92 Å². The number of amides is 1. The van der Waals surface area contributed by atoms with Gasteiger partial charge >= 0.3 is 0 Å². The van der Waals surface area contributed by atoms with Crippen LogP contribution in [0.25, 0.3) is 0 Å². The second-order valence-corrected chi connectivity index (χ2v) is 6.09. The smallest absolute Gasteiger partial charge is 0.240 e. The van der Waals surface area contributed by atoms with E-state index in [1.165, 1.54) is 32.1 Å². The van der Waals surface area contributed by atoms with E-state index in [0.717, 1.165) is 12.1 Å². The summed E-state index contributed by atoms with van der Waals surface area (Å²) in [5.74, 6) is 0.0108. The summed E-state index contributed by atoms with van der Waals surface area (Å²) in [5, 5.41) is 9.32. The third kappa shape index (κ3) is 4.60. The van der Waals surface area contributed by atoms with Gasteiger partial charge in [-0.2, -0.15) is 5.26 Å². The Kier molecular flexibility index (Phi) is 5.80. The number of nitrogens with zero attached hydrogens (tertiary/aromatic N) is 2. The zero-order chi connectivity index (χ0) is 15.1. The second-order valence-electron chi connectivity index (χ2n) is 6.09. The van der Waals surface area contributed by atoms with Crippen LogP contribution in [0.4, 0.5) is 0 Å². The van der Waals surface area contributed by atoms with Gasteiger partial charge in [0.2, 0.25) is 5.91 Å². The molecule has 0 N–H and O–H groups in total. The van der Waals surface area contributed by atoms with Gasteiger partial charge in [-0.3, -0.25) is 4.79 Å². The molecule has 1 amide bonds. The highest BCUT2D eigenvalue weighted by Gasteiger charge is 2.24. The van der Waals surface area contributed by atoms with Crippen LogP contribution in [-0.4, -0.2) is 24.4 Å². The SMILES string of the molecule is CN(CC1CCCCC1)C(=O)C(C#N)Cc1ccccc1. The standard InChI is InChI=1S/C18H24N2O/c1-20(14-16-10-6-3-7-11-16)18(21)17(13-19)12-15-8-4-2-5-9-15/h2,4-5,8-9,16-17H,3,6-7,10-12,14H2,1H3. The Hall–Kier alpha value is -1.82. The molecule has 0 aliphatic heterocycles. The lowest BCUT2D eigenvalue weighted by molar-refractivity contribution is -0.133. The van der Waals surface area contributed by atoms with Crippen molar-refractivity contribution < 1.29 is 4.79 Å². The van der Waals surface area contributed by atoms with Gasteiger partial charge in [-0.05, 0) is 30.7 Å². The van der Waals surface area contributed by atoms with Gasteiger partial charge in [-0.1, -0.05) is 49.6 Å². The molecule has 0 spiro atoms. The summed E-state index contributed by atoms with van der Waals surface area (Å²) >= 11 is 0. The maximum Gasteiger partial charge on any atom is 0.240 e. The van der Waals surface area contributed by atoms with E-state index in [0.29, 0.717) is 12.3 Å². The maximum atomic E-state index is 12.5. The van der Waals surface area contributed by atoms with Crippen molar-refractivity contribution in [2.24, 2.45) is 11.8 Å². The van der Waals surface area contributed by atoms with Crippen molar-refractivity contribution in [1.29, 1.82) is 5.26 Å². The van der Waals surface area contributed by atoms with E-state index >= 15 is 0 Å². The maximum absolute atomic E-state index is 12.5. The molecule has 3 nitrogen and oxygen atoms in total. The molecule has 1 aliphatic carbocycles. The van der Waals surface area contributed by atoms with Crippen molar-refractivity contribution in [3.63, 3.8) is 0 Å². The minimum atomic E-state index is -0.569. The summed E-state index contributed by atoms with van der Waals surface area (Å²) in [7, 11) is 1.84. The monoisotopic (exact) mass is 284 g/mol. The Morgan fingerprint density at radius 3 is 2.57 bits per heavy atom. The van der Waals surface area contributed by atoms with Crippen LogP contribution in [0.5, 0.6) is 0 Å². The molecule has 3 heteroatoms. The molecular weight excluding hydrogens is 260 g/mol. The average Bonchev–Trinajstić information content (AvgIpc) is 2.54. The predicted octanol–water partition coefficient (Wildman–Crippen LogP) is 3.41. The number of benzene rings is 1. The molecule has 0 radical (unpaired) electrons. The highest BCUT2D eigenvalue weighted by Crippen LogP contribution is 2.24. The highest BCUT2D eigenvalue weighted by molar-refractivity contribution is 5.81. The van der Waals surface area contributed by atoms with Gasteiger partial charge in [-0.25, -0.2) is 0 Å². The first-order chi connectivity index (χ1) is 10.2.